The first-order chi connectivity index (χ1) is 5.77. The molecule has 12 heavy (non-hydrogen) atoms. The summed E-state index contributed by atoms with van der Waals surface area (Å²) in [7, 11) is 0. The van der Waals surface area contributed by atoms with E-state index >= 15 is 0 Å². The van der Waals surface area contributed by atoms with Gasteiger partial charge in [0.05, 0.1) is 18.2 Å². The molecule has 1 saturated heterocycles. The van der Waals surface area contributed by atoms with Crippen molar-refractivity contribution in [2.75, 3.05) is 13.2 Å². The molecule has 1 aliphatic heterocycles. The van der Waals surface area contributed by atoms with E-state index in [1.807, 2.05) is 13.8 Å². The van der Waals surface area contributed by atoms with Gasteiger partial charge in [-0.3, -0.25) is 0 Å². The van der Waals surface area contributed by atoms with Crippen LogP contribution in [0.1, 0.15) is 29.7 Å². The van der Waals surface area contributed by atoms with Crippen molar-refractivity contribution in [2.24, 2.45) is 0 Å². The molecule has 3 heteroatoms. The van der Waals surface area contributed by atoms with Gasteiger partial charge in [-0.05, 0) is 20.3 Å². The summed E-state index contributed by atoms with van der Waals surface area (Å²) >= 11 is 0. The Kier molecular flexibility index (Phi) is 1.89. The Bertz CT molecular complexity index is 255. The molecule has 3 nitrogen and oxygen atoms in total. The van der Waals surface area contributed by atoms with Crippen LogP contribution in [0, 0.1) is 13.8 Å². The number of rotatable bonds is 1. The fraction of sp³-hybridized carbons (Fsp3) is 0.667. The van der Waals surface area contributed by atoms with Gasteiger partial charge in [-0.25, -0.2) is 4.98 Å². The van der Waals surface area contributed by atoms with E-state index < -0.39 is 0 Å². The number of ether oxygens (including phenoxy) is 1. The molecule has 1 atom stereocenters. The van der Waals surface area contributed by atoms with Crippen LogP contribution < -0.4 is 0 Å². The molecule has 0 radical (unpaired) electrons. The van der Waals surface area contributed by atoms with Gasteiger partial charge in [-0.2, -0.15) is 0 Å². The zero-order valence-corrected chi connectivity index (χ0v) is 7.46. The van der Waals surface area contributed by atoms with E-state index in [4.69, 9.17) is 9.15 Å². The summed E-state index contributed by atoms with van der Waals surface area (Å²) in [4.78, 5) is 4.35. The maximum atomic E-state index is 5.51. The Morgan fingerprint density at radius 3 is 2.75 bits per heavy atom. The van der Waals surface area contributed by atoms with Gasteiger partial charge in [0.1, 0.15) is 5.76 Å². The highest BCUT2D eigenvalue weighted by Crippen LogP contribution is 2.25. The molecule has 0 aliphatic carbocycles. The van der Waals surface area contributed by atoms with Crippen LogP contribution in [0.25, 0.3) is 0 Å². The zero-order chi connectivity index (χ0) is 8.55. The van der Waals surface area contributed by atoms with Gasteiger partial charge in [0.25, 0.3) is 0 Å². The highest BCUT2D eigenvalue weighted by Gasteiger charge is 2.22. The second kappa shape index (κ2) is 2.90. The quantitative estimate of drug-likeness (QED) is 0.639. The molecule has 2 heterocycles. The first kappa shape index (κ1) is 7.80. The molecular weight excluding hydrogens is 154 g/mol. The molecular formula is C9H13NO2. The van der Waals surface area contributed by atoms with Crippen molar-refractivity contribution in [1.82, 2.24) is 4.98 Å². The molecule has 0 saturated carbocycles. The molecule has 66 valence electrons. The third kappa shape index (κ3) is 1.25. The van der Waals surface area contributed by atoms with E-state index in [9.17, 15) is 0 Å². The van der Waals surface area contributed by atoms with Gasteiger partial charge >= 0.3 is 0 Å². The summed E-state index contributed by atoms with van der Waals surface area (Å²) in [5.74, 6) is 2.16. The lowest BCUT2D eigenvalue weighted by Gasteiger charge is -1.98. The topological polar surface area (TPSA) is 35.3 Å². The highest BCUT2D eigenvalue weighted by atomic mass is 16.5. The number of aryl methyl sites for hydroxylation is 2. The van der Waals surface area contributed by atoms with E-state index in [0.717, 1.165) is 37.0 Å². The van der Waals surface area contributed by atoms with Crippen LogP contribution in [0.3, 0.4) is 0 Å². The molecule has 1 aliphatic rings. The van der Waals surface area contributed by atoms with E-state index in [1.54, 1.807) is 0 Å². The van der Waals surface area contributed by atoms with Crippen LogP contribution in [-0.4, -0.2) is 18.2 Å². The van der Waals surface area contributed by atoms with Gasteiger partial charge in [0, 0.05) is 6.61 Å². The summed E-state index contributed by atoms with van der Waals surface area (Å²) < 4.78 is 10.8. The van der Waals surface area contributed by atoms with Crippen LogP contribution in [0.4, 0.5) is 0 Å². The Labute approximate surface area is 71.7 Å². The van der Waals surface area contributed by atoms with Crippen LogP contribution in [-0.2, 0) is 4.74 Å². The van der Waals surface area contributed by atoms with Gasteiger partial charge < -0.3 is 9.15 Å². The average molecular weight is 167 g/mol. The molecule has 0 bridgehead atoms. The highest BCUT2D eigenvalue weighted by molar-refractivity contribution is 5.08. The summed E-state index contributed by atoms with van der Waals surface area (Å²) in [6, 6.07) is 0. The van der Waals surface area contributed by atoms with Crippen molar-refractivity contribution in [2.45, 2.75) is 26.2 Å². The van der Waals surface area contributed by atoms with E-state index in [1.165, 1.54) is 0 Å². The first-order valence-corrected chi connectivity index (χ1v) is 4.29. The van der Waals surface area contributed by atoms with E-state index in [-0.39, 0.29) is 0 Å². The minimum absolute atomic E-state index is 0.386. The average Bonchev–Trinajstić information content (AvgIpc) is 2.61. The number of hydrogen-bond donors (Lipinski definition) is 0. The maximum absolute atomic E-state index is 5.51. The SMILES string of the molecule is Cc1nc(C2CCOC2)oc1C. The molecule has 0 N–H and O–H groups in total. The Morgan fingerprint density at radius 1 is 1.42 bits per heavy atom. The molecule has 1 unspecified atom stereocenters. The summed E-state index contributed by atoms with van der Waals surface area (Å²) in [6.45, 7) is 5.52. The Balaban J connectivity index is 2.21. The molecule has 1 fully saturated rings. The van der Waals surface area contributed by atoms with Crippen molar-refractivity contribution in [3.63, 3.8) is 0 Å². The lowest BCUT2D eigenvalue weighted by atomic mass is 10.1. The van der Waals surface area contributed by atoms with Crippen LogP contribution in [0.5, 0.6) is 0 Å². The number of aromatic nitrogens is 1. The fourth-order valence-corrected chi connectivity index (χ4v) is 1.40. The lowest BCUT2D eigenvalue weighted by Crippen LogP contribution is -1.97. The molecule has 2 rings (SSSR count). The summed E-state index contributed by atoms with van der Waals surface area (Å²) in [5.41, 5.74) is 0.997. The van der Waals surface area contributed by atoms with Crippen molar-refractivity contribution in [1.29, 1.82) is 0 Å². The number of oxazole rings is 1. The minimum atomic E-state index is 0.386. The number of hydrogen-bond acceptors (Lipinski definition) is 3. The summed E-state index contributed by atoms with van der Waals surface area (Å²) in [6.07, 6.45) is 1.04. The zero-order valence-electron chi connectivity index (χ0n) is 7.46. The largest absolute Gasteiger partial charge is 0.445 e. The molecule has 0 spiro atoms. The second-order valence-electron chi connectivity index (χ2n) is 3.25. The molecule has 0 aromatic carbocycles. The van der Waals surface area contributed by atoms with Crippen molar-refractivity contribution >= 4 is 0 Å². The van der Waals surface area contributed by atoms with E-state index in [0.29, 0.717) is 5.92 Å². The van der Waals surface area contributed by atoms with Crippen molar-refractivity contribution in [3.8, 4) is 0 Å². The van der Waals surface area contributed by atoms with Gasteiger partial charge in [0.15, 0.2) is 5.89 Å². The first-order valence-electron chi connectivity index (χ1n) is 4.29. The lowest BCUT2D eigenvalue weighted by molar-refractivity contribution is 0.190. The van der Waals surface area contributed by atoms with Crippen LogP contribution in [0.2, 0.25) is 0 Å². The molecule has 0 amide bonds. The maximum Gasteiger partial charge on any atom is 0.200 e. The van der Waals surface area contributed by atoms with Gasteiger partial charge in [-0.15, -0.1) is 0 Å². The Hall–Kier alpha value is -0.830. The van der Waals surface area contributed by atoms with Crippen LogP contribution in [0.15, 0.2) is 4.42 Å². The fourth-order valence-electron chi connectivity index (χ4n) is 1.40. The minimum Gasteiger partial charge on any atom is -0.445 e. The van der Waals surface area contributed by atoms with Crippen molar-refractivity contribution < 1.29 is 9.15 Å². The predicted octanol–water partition coefficient (Wildman–Crippen LogP) is 1.80. The Morgan fingerprint density at radius 2 is 2.25 bits per heavy atom. The van der Waals surface area contributed by atoms with Gasteiger partial charge in [0.2, 0.25) is 0 Å². The van der Waals surface area contributed by atoms with Crippen LogP contribution >= 0.6 is 0 Å². The third-order valence-electron chi connectivity index (χ3n) is 2.32. The van der Waals surface area contributed by atoms with Crippen molar-refractivity contribution in [3.05, 3.63) is 17.3 Å². The standard InChI is InChI=1S/C9H13NO2/c1-6-7(2)12-9(10-6)8-3-4-11-5-8/h8H,3-5H2,1-2H3. The van der Waals surface area contributed by atoms with E-state index in [2.05, 4.69) is 4.98 Å². The predicted molar refractivity (Wildman–Crippen MR) is 44.2 cm³/mol. The molecule has 1 aromatic heterocycles. The normalized spacial score (nSPS) is 23.3. The molecule has 1 aromatic rings. The third-order valence-corrected chi connectivity index (χ3v) is 2.32. The van der Waals surface area contributed by atoms with Gasteiger partial charge in [-0.1, -0.05) is 0 Å². The number of nitrogens with zero attached hydrogens (tertiary/aromatic N) is 1. The second-order valence-corrected chi connectivity index (χ2v) is 3.25. The smallest absolute Gasteiger partial charge is 0.200 e. The summed E-state index contributed by atoms with van der Waals surface area (Å²) in [5, 5.41) is 0. The monoisotopic (exact) mass is 167 g/mol.